The van der Waals surface area contributed by atoms with Crippen molar-refractivity contribution in [3.8, 4) is 0 Å². The zero-order valence-electron chi connectivity index (χ0n) is 12.9. The Balaban J connectivity index is 2.18. The number of nitrogens with zero attached hydrogens (tertiary/aromatic N) is 2. The molecule has 0 radical (unpaired) electrons. The number of carbonyl (C=O) groups excluding carboxylic acids is 2. The molecule has 6 nitrogen and oxygen atoms in total. The van der Waals surface area contributed by atoms with E-state index >= 15 is 0 Å². The van der Waals surface area contributed by atoms with E-state index in [0.717, 1.165) is 5.69 Å². The van der Waals surface area contributed by atoms with Gasteiger partial charge in [-0.15, -0.1) is 0 Å². The second-order valence-corrected chi connectivity index (χ2v) is 6.15. The number of ketones is 1. The van der Waals surface area contributed by atoms with Gasteiger partial charge >= 0.3 is 0 Å². The Labute approximate surface area is 123 Å². The summed E-state index contributed by atoms with van der Waals surface area (Å²) in [5, 5.41) is 9.73. The van der Waals surface area contributed by atoms with Crippen LogP contribution in [0.5, 0.6) is 0 Å². The van der Waals surface area contributed by atoms with Gasteiger partial charge in [-0.1, -0.05) is 20.8 Å². The van der Waals surface area contributed by atoms with Crippen molar-refractivity contribution >= 4 is 17.5 Å². The molecule has 0 spiro atoms. The molecule has 0 aliphatic heterocycles. The monoisotopic (exact) mass is 288 g/mol. The minimum absolute atomic E-state index is 0.0667. The smallest absolute Gasteiger partial charge is 0.273 e. The fourth-order valence-corrected chi connectivity index (χ4v) is 1.93. The topological polar surface area (TPSA) is 79.8 Å². The molecule has 112 valence electrons. The van der Waals surface area contributed by atoms with Crippen LogP contribution in [-0.2, 0) is 12.5 Å². The van der Waals surface area contributed by atoms with E-state index in [1.807, 2.05) is 6.07 Å². The van der Waals surface area contributed by atoms with E-state index in [1.54, 1.807) is 23.9 Å². The highest BCUT2D eigenvalue weighted by Gasteiger charge is 2.19. The van der Waals surface area contributed by atoms with Crippen LogP contribution in [0.15, 0.2) is 18.3 Å². The Bertz CT molecular complexity index is 689. The molecule has 0 aromatic carbocycles. The van der Waals surface area contributed by atoms with Gasteiger partial charge < -0.3 is 9.88 Å². The van der Waals surface area contributed by atoms with Gasteiger partial charge in [0.25, 0.3) is 5.91 Å². The number of anilines is 1. The summed E-state index contributed by atoms with van der Waals surface area (Å²) in [4.78, 5) is 23.6. The minimum Gasteiger partial charge on any atom is -0.346 e. The molecule has 2 N–H and O–H groups in total. The van der Waals surface area contributed by atoms with Gasteiger partial charge in [0.15, 0.2) is 11.6 Å². The number of nitrogens with one attached hydrogen (secondary N) is 2. The second kappa shape index (κ2) is 5.20. The lowest BCUT2D eigenvalue weighted by Crippen LogP contribution is -2.15. The molecular formula is C15H20N4O2. The third-order valence-electron chi connectivity index (χ3n) is 3.27. The van der Waals surface area contributed by atoms with Crippen molar-refractivity contribution in [3.63, 3.8) is 0 Å². The van der Waals surface area contributed by atoms with Gasteiger partial charge in [0.05, 0.1) is 0 Å². The summed E-state index contributed by atoms with van der Waals surface area (Å²) >= 11 is 0. The Morgan fingerprint density at radius 1 is 1.29 bits per heavy atom. The molecule has 0 saturated carbocycles. The molecule has 0 bridgehead atoms. The molecule has 0 saturated heterocycles. The molecule has 2 aromatic heterocycles. The van der Waals surface area contributed by atoms with Gasteiger partial charge in [0.1, 0.15) is 5.69 Å². The Kier molecular flexibility index (Phi) is 3.72. The molecule has 2 rings (SSSR count). The lowest BCUT2D eigenvalue weighted by atomic mass is 9.92. The SMILES string of the molecule is CC(=O)c1cc(C(=O)Nc2cc(C(C)(C)C)[nH]n2)n(C)c1. The van der Waals surface area contributed by atoms with Crippen LogP contribution in [-0.4, -0.2) is 26.5 Å². The first-order chi connectivity index (χ1) is 9.68. The van der Waals surface area contributed by atoms with Crippen molar-refractivity contribution in [2.75, 3.05) is 5.32 Å². The number of H-pyrrole nitrogens is 1. The summed E-state index contributed by atoms with van der Waals surface area (Å²) in [5.41, 5.74) is 1.80. The molecule has 0 aliphatic rings. The van der Waals surface area contributed by atoms with Gasteiger partial charge in [-0.3, -0.25) is 14.7 Å². The number of aromatic amines is 1. The number of amides is 1. The summed E-state index contributed by atoms with van der Waals surface area (Å²) < 4.78 is 1.63. The van der Waals surface area contributed by atoms with Gasteiger partial charge in [0.2, 0.25) is 0 Å². The van der Waals surface area contributed by atoms with E-state index in [1.165, 1.54) is 6.92 Å². The number of hydrogen-bond acceptors (Lipinski definition) is 3. The third kappa shape index (κ3) is 3.21. The predicted molar refractivity (Wildman–Crippen MR) is 80.7 cm³/mol. The average Bonchev–Trinajstić information content (AvgIpc) is 2.94. The zero-order valence-corrected chi connectivity index (χ0v) is 12.9. The van der Waals surface area contributed by atoms with Crippen molar-refractivity contribution < 1.29 is 9.59 Å². The van der Waals surface area contributed by atoms with Crippen LogP contribution in [0, 0.1) is 0 Å². The molecule has 21 heavy (non-hydrogen) atoms. The van der Waals surface area contributed by atoms with E-state index in [2.05, 4.69) is 36.3 Å². The zero-order chi connectivity index (χ0) is 15.8. The Morgan fingerprint density at radius 3 is 2.43 bits per heavy atom. The summed E-state index contributed by atoms with van der Waals surface area (Å²) in [5.74, 6) is 0.104. The Hall–Kier alpha value is -2.37. The predicted octanol–water partition coefficient (Wildman–Crippen LogP) is 2.50. The molecular weight excluding hydrogens is 268 g/mol. The quantitative estimate of drug-likeness (QED) is 0.852. The number of carbonyl (C=O) groups is 2. The van der Waals surface area contributed by atoms with E-state index in [9.17, 15) is 9.59 Å². The van der Waals surface area contributed by atoms with Crippen LogP contribution in [0.4, 0.5) is 5.82 Å². The number of hydrogen-bond donors (Lipinski definition) is 2. The number of aryl methyl sites for hydroxylation is 1. The lowest BCUT2D eigenvalue weighted by molar-refractivity contribution is 0.101. The fourth-order valence-electron chi connectivity index (χ4n) is 1.93. The first kappa shape index (κ1) is 15.0. The van der Waals surface area contributed by atoms with Gasteiger partial charge in [0, 0.05) is 36.0 Å². The second-order valence-electron chi connectivity index (χ2n) is 6.15. The molecule has 6 heteroatoms. The van der Waals surface area contributed by atoms with E-state index in [-0.39, 0.29) is 17.1 Å². The van der Waals surface area contributed by atoms with Crippen LogP contribution in [0.1, 0.15) is 54.2 Å². The van der Waals surface area contributed by atoms with Crippen LogP contribution in [0.2, 0.25) is 0 Å². The standard InChI is InChI=1S/C15H20N4O2/c1-9(20)10-6-11(19(5)8-10)14(21)16-13-7-12(17-18-13)15(2,3)4/h6-8H,1-5H3,(H2,16,17,18,21). The van der Waals surface area contributed by atoms with Gasteiger partial charge in [-0.2, -0.15) is 5.10 Å². The molecule has 1 amide bonds. The first-order valence-corrected chi connectivity index (χ1v) is 6.73. The van der Waals surface area contributed by atoms with E-state index < -0.39 is 0 Å². The first-order valence-electron chi connectivity index (χ1n) is 6.73. The molecule has 0 atom stereocenters. The summed E-state index contributed by atoms with van der Waals surface area (Å²) in [6.45, 7) is 7.65. The largest absolute Gasteiger partial charge is 0.346 e. The molecule has 2 aromatic rings. The normalized spacial score (nSPS) is 11.5. The Morgan fingerprint density at radius 2 is 1.95 bits per heavy atom. The van der Waals surface area contributed by atoms with Crippen LogP contribution in [0.25, 0.3) is 0 Å². The number of Topliss-reactive ketones (excluding diaryl/α,β-unsaturated/α-hetero) is 1. The maximum atomic E-state index is 12.2. The summed E-state index contributed by atoms with van der Waals surface area (Å²) in [6, 6.07) is 3.39. The average molecular weight is 288 g/mol. The lowest BCUT2D eigenvalue weighted by Gasteiger charge is -2.14. The van der Waals surface area contributed by atoms with Crippen molar-refractivity contribution in [1.82, 2.24) is 14.8 Å². The summed E-state index contributed by atoms with van der Waals surface area (Å²) in [6.07, 6.45) is 1.64. The highest BCUT2D eigenvalue weighted by Crippen LogP contribution is 2.22. The maximum Gasteiger partial charge on any atom is 0.273 e. The van der Waals surface area contributed by atoms with E-state index in [4.69, 9.17) is 0 Å². The number of rotatable bonds is 3. The van der Waals surface area contributed by atoms with Crippen LogP contribution >= 0.6 is 0 Å². The number of aromatic nitrogens is 3. The molecule has 0 fully saturated rings. The molecule has 0 unspecified atom stereocenters. The van der Waals surface area contributed by atoms with Gasteiger partial charge in [-0.05, 0) is 13.0 Å². The molecule has 0 aliphatic carbocycles. The van der Waals surface area contributed by atoms with Crippen LogP contribution in [0.3, 0.4) is 0 Å². The highest BCUT2D eigenvalue weighted by molar-refractivity contribution is 6.05. The van der Waals surface area contributed by atoms with Crippen molar-refractivity contribution in [2.45, 2.75) is 33.1 Å². The van der Waals surface area contributed by atoms with Gasteiger partial charge in [-0.25, -0.2) is 0 Å². The molecule has 2 heterocycles. The summed E-state index contributed by atoms with van der Waals surface area (Å²) in [7, 11) is 1.73. The van der Waals surface area contributed by atoms with E-state index in [0.29, 0.717) is 17.1 Å². The fraction of sp³-hybridized carbons (Fsp3) is 0.400. The highest BCUT2D eigenvalue weighted by atomic mass is 16.2. The third-order valence-corrected chi connectivity index (χ3v) is 3.27. The van der Waals surface area contributed by atoms with Crippen molar-refractivity contribution in [1.29, 1.82) is 0 Å². The van der Waals surface area contributed by atoms with Crippen LogP contribution < -0.4 is 5.32 Å². The van der Waals surface area contributed by atoms with Crippen molar-refractivity contribution in [3.05, 3.63) is 35.3 Å². The minimum atomic E-state index is -0.294. The maximum absolute atomic E-state index is 12.2. The van der Waals surface area contributed by atoms with Crippen molar-refractivity contribution in [2.24, 2.45) is 7.05 Å².